The Morgan fingerprint density at radius 1 is 0.975 bits per heavy atom. The van der Waals surface area contributed by atoms with Gasteiger partial charge in [-0.05, 0) is 108 Å². The van der Waals surface area contributed by atoms with Crippen LogP contribution in [0.2, 0.25) is 0 Å². The zero-order valence-electron chi connectivity index (χ0n) is 22.5. The number of carbonyl (C=O) groups is 1. The minimum Gasteiger partial charge on any atom is -0.444 e. The van der Waals surface area contributed by atoms with Crippen LogP contribution in [0.25, 0.3) is 0 Å². The lowest BCUT2D eigenvalue weighted by atomic mass is 9.79. The highest BCUT2D eigenvalue weighted by molar-refractivity contribution is 9.10. The molecule has 4 aromatic rings. The van der Waals surface area contributed by atoms with Crippen LogP contribution in [-0.4, -0.2) is 32.1 Å². The highest BCUT2D eigenvalue weighted by Gasteiger charge is 2.40. The van der Waals surface area contributed by atoms with Gasteiger partial charge in [0.05, 0.1) is 23.5 Å². The molecule has 8 nitrogen and oxygen atoms in total. The number of aryl methyl sites for hydroxylation is 2. The van der Waals surface area contributed by atoms with E-state index in [9.17, 15) is 4.79 Å². The largest absolute Gasteiger partial charge is 0.444 e. The average molecular weight is 733 g/mol. The second-order valence-electron chi connectivity index (χ2n) is 11.2. The fraction of sp³-hybridized carbons (Fsp3) is 0.444. The average Bonchev–Trinajstić information content (AvgIpc) is 3.65. The smallest absolute Gasteiger partial charge is 0.408 e. The Morgan fingerprint density at radius 3 is 2.08 bits per heavy atom. The molecule has 40 heavy (non-hydrogen) atoms. The molecule has 4 aromatic heterocycles. The van der Waals surface area contributed by atoms with Crippen LogP contribution in [0.5, 0.6) is 0 Å². The van der Waals surface area contributed by atoms with Crippen molar-refractivity contribution in [3.05, 3.63) is 76.5 Å². The van der Waals surface area contributed by atoms with E-state index in [0.29, 0.717) is 6.42 Å². The van der Waals surface area contributed by atoms with Crippen molar-refractivity contribution < 1.29 is 9.53 Å². The molecule has 0 aliphatic heterocycles. The minimum absolute atomic E-state index is 0. The number of amides is 1. The molecule has 216 valence electrons. The van der Waals surface area contributed by atoms with Gasteiger partial charge in [-0.3, -0.25) is 10.2 Å². The van der Waals surface area contributed by atoms with E-state index in [-0.39, 0.29) is 24.0 Å². The van der Waals surface area contributed by atoms with Crippen molar-refractivity contribution in [3.8, 4) is 0 Å². The minimum atomic E-state index is -0.517. The molecule has 0 fully saturated rings. The van der Waals surface area contributed by atoms with Crippen molar-refractivity contribution in [1.29, 1.82) is 0 Å². The SMILES string of the molecule is CC(C)(C)OC(=O)NC1(c2cc(Br)cs2)CCc2[nH]ncc2C1.Cl.NC1(c2cc(Br)cs2)CCc2[nH]ncc2C1. The summed E-state index contributed by atoms with van der Waals surface area (Å²) in [5.41, 5.74) is 10.1. The molecular weight excluding hydrogens is 700 g/mol. The van der Waals surface area contributed by atoms with Gasteiger partial charge in [-0.25, -0.2) is 4.79 Å². The Morgan fingerprint density at radius 2 is 1.52 bits per heavy atom. The van der Waals surface area contributed by atoms with Crippen molar-refractivity contribution in [2.45, 2.75) is 76.0 Å². The topological polar surface area (TPSA) is 122 Å². The monoisotopic (exact) mass is 730 g/mol. The van der Waals surface area contributed by atoms with Crippen LogP contribution in [0, 0.1) is 0 Å². The van der Waals surface area contributed by atoms with Gasteiger partial charge in [0.1, 0.15) is 5.60 Å². The highest BCUT2D eigenvalue weighted by Crippen LogP contribution is 2.40. The molecule has 2 aliphatic rings. The fourth-order valence-electron chi connectivity index (χ4n) is 5.17. The van der Waals surface area contributed by atoms with E-state index in [0.717, 1.165) is 57.2 Å². The van der Waals surface area contributed by atoms with Gasteiger partial charge in [-0.2, -0.15) is 10.2 Å². The second kappa shape index (κ2) is 12.3. The Balaban J connectivity index is 0.000000191. The van der Waals surface area contributed by atoms with Crippen LogP contribution < -0.4 is 11.1 Å². The quantitative estimate of drug-likeness (QED) is 0.179. The summed E-state index contributed by atoms with van der Waals surface area (Å²) >= 11 is 10.4. The Labute approximate surface area is 264 Å². The van der Waals surface area contributed by atoms with Gasteiger partial charge < -0.3 is 15.8 Å². The fourth-order valence-corrected chi connectivity index (χ4v) is 8.35. The number of hydrogen-bond donors (Lipinski definition) is 4. The Kier molecular flexibility index (Phi) is 9.58. The number of nitrogens with one attached hydrogen (secondary N) is 3. The van der Waals surface area contributed by atoms with Gasteiger partial charge >= 0.3 is 6.09 Å². The van der Waals surface area contributed by atoms with Crippen LogP contribution in [-0.2, 0) is 41.5 Å². The molecule has 0 aromatic carbocycles. The van der Waals surface area contributed by atoms with Crippen molar-refractivity contribution in [2.75, 3.05) is 0 Å². The van der Waals surface area contributed by atoms with Gasteiger partial charge in [0.25, 0.3) is 0 Å². The normalized spacial score (nSPS) is 21.8. The zero-order chi connectivity index (χ0) is 27.8. The number of thiophene rings is 2. The van der Waals surface area contributed by atoms with Gasteiger partial charge in [0, 0.05) is 47.3 Å². The molecule has 0 saturated heterocycles. The Bertz CT molecular complexity index is 1460. The van der Waals surface area contributed by atoms with Crippen LogP contribution in [0.15, 0.2) is 44.2 Å². The number of ether oxygens (including phenoxy) is 1. The maximum atomic E-state index is 12.4. The molecule has 2 unspecified atom stereocenters. The summed E-state index contributed by atoms with van der Waals surface area (Å²) in [5.74, 6) is 0. The summed E-state index contributed by atoms with van der Waals surface area (Å²) in [6.45, 7) is 5.61. The maximum Gasteiger partial charge on any atom is 0.408 e. The third kappa shape index (κ3) is 7.01. The number of halogens is 3. The van der Waals surface area contributed by atoms with Crippen molar-refractivity contribution in [2.24, 2.45) is 5.73 Å². The molecule has 0 radical (unpaired) electrons. The molecule has 13 heteroatoms. The molecule has 0 spiro atoms. The molecule has 1 amide bonds. The lowest BCUT2D eigenvalue weighted by Gasteiger charge is -2.37. The van der Waals surface area contributed by atoms with Crippen LogP contribution in [0.1, 0.15) is 65.9 Å². The number of H-pyrrole nitrogens is 2. The molecule has 5 N–H and O–H groups in total. The molecule has 0 bridgehead atoms. The first-order valence-electron chi connectivity index (χ1n) is 12.8. The van der Waals surface area contributed by atoms with E-state index in [1.165, 1.54) is 16.1 Å². The first-order chi connectivity index (χ1) is 18.4. The molecule has 2 aliphatic carbocycles. The summed E-state index contributed by atoms with van der Waals surface area (Å²) < 4.78 is 7.63. The first kappa shape index (κ1) is 31.2. The highest BCUT2D eigenvalue weighted by atomic mass is 79.9. The number of aromatic amines is 2. The lowest BCUT2D eigenvalue weighted by molar-refractivity contribution is 0.0442. The number of nitrogens with two attached hydrogens (primary N) is 1. The van der Waals surface area contributed by atoms with Crippen LogP contribution in [0.4, 0.5) is 4.79 Å². The summed E-state index contributed by atoms with van der Waals surface area (Å²) in [6, 6.07) is 4.21. The third-order valence-corrected chi connectivity index (χ3v) is 10.9. The number of carbonyl (C=O) groups excluding carboxylic acids is 1. The number of fused-ring (bicyclic) bond motifs is 2. The summed E-state index contributed by atoms with van der Waals surface area (Å²) in [7, 11) is 0. The molecule has 4 heterocycles. The third-order valence-electron chi connectivity index (χ3n) is 7.07. The van der Waals surface area contributed by atoms with Crippen molar-refractivity contribution in [3.63, 3.8) is 0 Å². The summed E-state index contributed by atoms with van der Waals surface area (Å²) in [5, 5.41) is 21.6. The van der Waals surface area contributed by atoms with Gasteiger partial charge in [0.15, 0.2) is 0 Å². The van der Waals surface area contributed by atoms with E-state index >= 15 is 0 Å². The van der Waals surface area contributed by atoms with Gasteiger partial charge in [-0.15, -0.1) is 35.1 Å². The van der Waals surface area contributed by atoms with Gasteiger partial charge in [-0.1, -0.05) is 0 Å². The predicted molar refractivity (Wildman–Crippen MR) is 169 cm³/mol. The first-order valence-corrected chi connectivity index (χ1v) is 16.1. The molecule has 0 saturated carbocycles. The van der Waals surface area contributed by atoms with Crippen LogP contribution in [0.3, 0.4) is 0 Å². The van der Waals surface area contributed by atoms with Gasteiger partial charge in [0.2, 0.25) is 0 Å². The molecular formula is C27H33Br2ClN6O2S2. The Hall–Kier alpha value is -1.70. The maximum absolute atomic E-state index is 12.4. The van der Waals surface area contributed by atoms with E-state index < -0.39 is 11.1 Å². The lowest BCUT2D eigenvalue weighted by Crippen LogP contribution is -2.50. The predicted octanol–water partition coefficient (Wildman–Crippen LogP) is 7.14. The summed E-state index contributed by atoms with van der Waals surface area (Å²) in [4.78, 5) is 14.8. The van der Waals surface area contributed by atoms with Crippen molar-refractivity contribution >= 4 is 73.0 Å². The summed E-state index contributed by atoms with van der Waals surface area (Å²) in [6.07, 6.45) is 8.60. The van der Waals surface area contributed by atoms with E-state index in [1.54, 1.807) is 22.7 Å². The number of rotatable bonds is 3. The zero-order valence-corrected chi connectivity index (χ0v) is 28.1. The number of alkyl carbamates (subject to hydrolysis) is 1. The van der Waals surface area contributed by atoms with Crippen LogP contribution >= 0.6 is 66.9 Å². The number of aromatic nitrogens is 4. The van der Waals surface area contributed by atoms with E-state index in [1.807, 2.05) is 38.5 Å². The van der Waals surface area contributed by atoms with Crippen molar-refractivity contribution in [1.82, 2.24) is 25.7 Å². The van der Waals surface area contributed by atoms with E-state index in [2.05, 4.69) is 75.1 Å². The second-order valence-corrected chi connectivity index (χ2v) is 14.9. The number of nitrogens with zero attached hydrogens (tertiary/aromatic N) is 2. The molecule has 2 atom stereocenters. The molecule has 6 rings (SSSR count). The standard InChI is InChI=1S/C16H20BrN3O2S.C11H12BrN3S.ClH/c1-15(2,3)22-14(21)19-16(13-6-11(17)9-23-13)5-4-12-10(7-16)8-18-20-12;12-8-3-10(16-6-8)11(13)2-1-9-7(4-11)5-14-15-9;/h6,8-9H,4-5,7H2,1-3H3,(H,18,20)(H,19,21);3,5-6H,1-2,4,13H2,(H,14,15);1H. The van der Waals surface area contributed by atoms with E-state index in [4.69, 9.17) is 10.5 Å². The number of hydrogen-bond acceptors (Lipinski definition) is 7.